The van der Waals surface area contributed by atoms with Crippen LogP contribution in [0.25, 0.3) is 0 Å². The SMILES string of the molecule is CC(C)Cn1ncnc1CC(C)(O)c1cccs1. The molecule has 4 nitrogen and oxygen atoms in total. The van der Waals surface area contributed by atoms with Crippen LogP contribution in [0.15, 0.2) is 23.8 Å². The quantitative estimate of drug-likeness (QED) is 0.903. The molecule has 1 N–H and O–H groups in total. The Bertz CT molecular complexity index is 488. The van der Waals surface area contributed by atoms with Crippen molar-refractivity contribution >= 4 is 11.3 Å². The van der Waals surface area contributed by atoms with E-state index in [0.29, 0.717) is 12.3 Å². The molecule has 1 unspecified atom stereocenters. The van der Waals surface area contributed by atoms with E-state index in [1.54, 1.807) is 17.7 Å². The summed E-state index contributed by atoms with van der Waals surface area (Å²) in [6, 6.07) is 3.90. The summed E-state index contributed by atoms with van der Waals surface area (Å²) >= 11 is 1.56. The molecule has 0 fully saturated rings. The molecule has 0 aromatic carbocycles. The van der Waals surface area contributed by atoms with Gasteiger partial charge in [0.2, 0.25) is 0 Å². The third kappa shape index (κ3) is 2.97. The summed E-state index contributed by atoms with van der Waals surface area (Å²) in [5.74, 6) is 1.35. The first kappa shape index (κ1) is 13.2. The lowest BCUT2D eigenvalue weighted by molar-refractivity contribution is 0.0578. The van der Waals surface area contributed by atoms with E-state index >= 15 is 0 Å². The highest BCUT2D eigenvalue weighted by Crippen LogP contribution is 2.28. The minimum Gasteiger partial charge on any atom is -0.384 e. The molecule has 98 valence electrons. The number of rotatable bonds is 5. The van der Waals surface area contributed by atoms with Crippen molar-refractivity contribution in [2.24, 2.45) is 5.92 Å². The average Bonchev–Trinajstić information content (AvgIpc) is 2.89. The first-order chi connectivity index (χ1) is 8.49. The van der Waals surface area contributed by atoms with Crippen molar-refractivity contribution in [3.8, 4) is 0 Å². The highest BCUT2D eigenvalue weighted by molar-refractivity contribution is 7.10. The molecule has 0 saturated carbocycles. The highest BCUT2D eigenvalue weighted by atomic mass is 32.1. The Hall–Kier alpha value is -1.20. The van der Waals surface area contributed by atoms with Gasteiger partial charge in [0.15, 0.2) is 0 Å². The van der Waals surface area contributed by atoms with Gasteiger partial charge >= 0.3 is 0 Å². The molecule has 1 atom stereocenters. The smallest absolute Gasteiger partial charge is 0.138 e. The van der Waals surface area contributed by atoms with Crippen LogP contribution in [0.5, 0.6) is 0 Å². The van der Waals surface area contributed by atoms with E-state index < -0.39 is 5.60 Å². The Morgan fingerprint density at radius 1 is 1.50 bits per heavy atom. The van der Waals surface area contributed by atoms with Crippen LogP contribution in [0.3, 0.4) is 0 Å². The van der Waals surface area contributed by atoms with Crippen LogP contribution in [0.1, 0.15) is 31.5 Å². The lowest BCUT2D eigenvalue weighted by Crippen LogP contribution is -2.25. The third-order valence-electron chi connectivity index (χ3n) is 2.79. The van der Waals surface area contributed by atoms with Crippen molar-refractivity contribution in [2.75, 3.05) is 0 Å². The van der Waals surface area contributed by atoms with Gasteiger partial charge in [-0.3, -0.25) is 0 Å². The molecule has 0 saturated heterocycles. The molecule has 0 aliphatic carbocycles. The summed E-state index contributed by atoms with van der Waals surface area (Å²) in [5.41, 5.74) is -0.879. The van der Waals surface area contributed by atoms with Gasteiger partial charge in [-0.05, 0) is 24.3 Å². The zero-order valence-electron chi connectivity index (χ0n) is 11.0. The van der Waals surface area contributed by atoms with Gasteiger partial charge < -0.3 is 5.11 Å². The molecule has 18 heavy (non-hydrogen) atoms. The second kappa shape index (κ2) is 5.20. The molecule has 0 bridgehead atoms. The Labute approximate surface area is 111 Å². The maximum atomic E-state index is 10.5. The molecule has 0 radical (unpaired) electrons. The van der Waals surface area contributed by atoms with Gasteiger partial charge in [0.1, 0.15) is 17.8 Å². The predicted octanol–water partition coefficient (Wildman–Crippen LogP) is 2.45. The molecule has 2 aromatic rings. The molecule has 0 amide bonds. The lowest BCUT2D eigenvalue weighted by atomic mass is 10.00. The van der Waals surface area contributed by atoms with Gasteiger partial charge in [-0.1, -0.05) is 19.9 Å². The summed E-state index contributed by atoms with van der Waals surface area (Å²) < 4.78 is 1.88. The minimum atomic E-state index is -0.879. The maximum absolute atomic E-state index is 10.5. The van der Waals surface area contributed by atoms with Crippen LogP contribution >= 0.6 is 11.3 Å². The molecular weight excluding hydrogens is 246 g/mol. The topological polar surface area (TPSA) is 50.9 Å². The van der Waals surface area contributed by atoms with E-state index in [-0.39, 0.29) is 0 Å². The summed E-state index contributed by atoms with van der Waals surface area (Å²) in [6.07, 6.45) is 2.04. The largest absolute Gasteiger partial charge is 0.384 e. The first-order valence-electron chi connectivity index (χ1n) is 6.12. The number of thiophene rings is 1. The normalized spacial score (nSPS) is 14.9. The molecule has 2 aromatic heterocycles. The zero-order chi connectivity index (χ0) is 13.2. The summed E-state index contributed by atoms with van der Waals surface area (Å²) in [7, 11) is 0. The third-order valence-corrected chi connectivity index (χ3v) is 3.91. The van der Waals surface area contributed by atoms with Crippen LogP contribution in [0, 0.1) is 5.92 Å². The standard InChI is InChI=1S/C13H19N3OS/c1-10(2)8-16-12(14-9-15-16)7-13(3,17)11-5-4-6-18-11/h4-6,9-10,17H,7-8H2,1-3H3. The van der Waals surface area contributed by atoms with Crippen LogP contribution in [-0.2, 0) is 18.6 Å². The van der Waals surface area contributed by atoms with Gasteiger partial charge in [-0.25, -0.2) is 9.67 Å². The molecule has 2 rings (SSSR count). The zero-order valence-corrected chi connectivity index (χ0v) is 11.8. The Morgan fingerprint density at radius 3 is 2.89 bits per heavy atom. The highest BCUT2D eigenvalue weighted by Gasteiger charge is 2.27. The van der Waals surface area contributed by atoms with Crippen molar-refractivity contribution in [1.29, 1.82) is 0 Å². The number of nitrogens with zero attached hydrogens (tertiary/aromatic N) is 3. The van der Waals surface area contributed by atoms with E-state index in [1.165, 1.54) is 0 Å². The summed E-state index contributed by atoms with van der Waals surface area (Å²) in [6.45, 7) is 6.94. The Morgan fingerprint density at radius 2 is 2.28 bits per heavy atom. The van der Waals surface area contributed by atoms with Crippen molar-refractivity contribution in [3.63, 3.8) is 0 Å². The van der Waals surface area contributed by atoms with Crippen molar-refractivity contribution in [2.45, 2.75) is 39.3 Å². The van der Waals surface area contributed by atoms with Gasteiger partial charge in [0.05, 0.1) is 0 Å². The second-order valence-corrected chi connectivity index (χ2v) is 6.13. The van der Waals surface area contributed by atoms with E-state index in [2.05, 4.69) is 23.9 Å². The van der Waals surface area contributed by atoms with Crippen molar-refractivity contribution in [3.05, 3.63) is 34.5 Å². The van der Waals surface area contributed by atoms with Crippen LogP contribution in [0.2, 0.25) is 0 Å². The summed E-state index contributed by atoms with van der Waals surface area (Å²) in [4.78, 5) is 5.22. The molecule has 2 heterocycles. The fourth-order valence-electron chi connectivity index (χ4n) is 1.90. The Balaban J connectivity index is 2.16. The summed E-state index contributed by atoms with van der Waals surface area (Å²) in [5, 5.41) is 16.7. The second-order valence-electron chi connectivity index (χ2n) is 5.18. The number of hydrogen-bond donors (Lipinski definition) is 1. The number of aliphatic hydroxyl groups is 1. The van der Waals surface area contributed by atoms with E-state index in [0.717, 1.165) is 17.2 Å². The predicted molar refractivity (Wildman–Crippen MR) is 72.5 cm³/mol. The van der Waals surface area contributed by atoms with Crippen LogP contribution in [0.4, 0.5) is 0 Å². The number of hydrogen-bond acceptors (Lipinski definition) is 4. The van der Waals surface area contributed by atoms with Crippen LogP contribution < -0.4 is 0 Å². The van der Waals surface area contributed by atoms with Gasteiger partial charge in [0.25, 0.3) is 0 Å². The van der Waals surface area contributed by atoms with Gasteiger partial charge in [-0.2, -0.15) is 5.10 Å². The van der Waals surface area contributed by atoms with Crippen molar-refractivity contribution < 1.29 is 5.11 Å². The fraction of sp³-hybridized carbons (Fsp3) is 0.538. The monoisotopic (exact) mass is 265 g/mol. The Kier molecular flexibility index (Phi) is 3.82. The van der Waals surface area contributed by atoms with Gasteiger partial charge in [0, 0.05) is 17.8 Å². The number of aromatic nitrogens is 3. The van der Waals surface area contributed by atoms with Crippen molar-refractivity contribution in [1.82, 2.24) is 14.8 Å². The van der Waals surface area contributed by atoms with Crippen LogP contribution in [-0.4, -0.2) is 19.9 Å². The van der Waals surface area contributed by atoms with Gasteiger partial charge in [-0.15, -0.1) is 11.3 Å². The molecule has 5 heteroatoms. The fourth-order valence-corrected chi connectivity index (χ4v) is 2.69. The van der Waals surface area contributed by atoms with E-state index in [4.69, 9.17) is 0 Å². The lowest BCUT2D eigenvalue weighted by Gasteiger charge is -2.21. The first-order valence-corrected chi connectivity index (χ1v) is 7.00. The molecule has 0 aliphatic heterocycles. The van der Waals surface area contributed by atoms with E-state index in [9.17, 15) is 5.11 Å². The molecule has 0 spiro atoms. The molecular formula is C13H19N3OS. The maximum Gasteiger partial charge on any atom is 0.138 e. The average molecular weight is 265 g/mol. The molecule has 0 aliphatic rings. The van der Waals surface area contributed by atoms with E-state index in [1.807, 2.05) is 29.1 Å². The minimum absolute atomic E-state index is 0.486.